The van der Waals surface area contributed by atoms with E-state index in [1.54, 1.807) is 4.31 Å². The van der Waals surface area contributed by atoms with Crippen LogP contribution < -0.4 is 5.32 Å². The second-order valence-electron chi connectivity index (χ2n) is 4.50. The van der Waals surface area contributed by atoms with Crippen LogP contribution in [0.2, 0.25) is 0 Å². The summed E-state index contributed by atoms with van der Waals surface area (Å²) in [5, 5.41) is 3.38. The van der Waals surface area contributed by atoms with Crippen LogP contribution in [-0.2, 0) is 10.0 Å². The lowest BCUT2D eigenvalue weighted by molar-refractivity contribution is 0.306. The predicted octanol–water partition coefficient (Wildman–Crippen LogP) is 0.554. The monoisotopic (exact) mass is 232 g/mol. The van der Waals surface area contributed by atoms with Crippen molar-refractivity contribution in [3.63, 3.8) is 0 Å². The largest absolute Gasteiger partial charge is 0.314 e. The second kappa shape index (κ2) is 4.80. The zero-order valence-electron chi connectivity index (χ0n) is 9.11. The molecule has 1 N–H and O–H groups in total. The van der Waals surface area contributed by atoms with E-state index in [0.717, 1.165) is 38.9 Å². The van der Waals surface area contributed by atoms with Crippen LogP contribution in [0.4, 0.5) is 0 Å². The van der Waals surface area contributed by atoms with E-state index in [0.29, 0.717) is 11.8 Å². The number of hydrogen-bond donors (Lipinski definition) is 1. The Morgan fingerprint density at radius 2 is 2.00 bits per heavy atom. The predicted molar refractivity (Wildman–Crippen MR) is 60.2 cm³/mol. The third-order valence-corrected chi connectivity index (χ3v) is 5.25. The van der Waals surface area contributed by atoms with Crippen molar-refractivity contribution in [2.24, 2.45) is 0 Å². The molecule has 1 atom stereocenters. The third kappa shape index (κ3) is 2.92. The van der Waals surface area contributed by atoms with Gasteiger partial charge in [-0.1, -0.05) is 6.42 Å². The van der Waals surface area contributed by atoms with Crippen molar-refractivity contribution < 1.29 is 8.42 Å². The molecule has 2 rings (SSSR count). The van der Waals surface area contributed by atoms with E-state index >= 15 is 0 Å². The molecule has 0 aliphatic carbocycles. The molecule has 2 heterocycles. The van der Waals surface area contributed by atoms with Crippen molar-refractivity contribution >= 4 is 10.0 Å². The lowest BCUT2D eigenvalue weighted by atomic mass is 10.0. The normalized spacial score (nSPS) is 28.7. The molecule has 0 aromatic carbocycles. The molecule has 2 fully saturated rings. The first-order valence-electron chi connectivity index (χ1n) is 5.90. The molecule has 4 nitrogen and oxygen atoms in total. The highest BCUT2D eigenvalue weighted by molar-refractivity contribution is 7.89. The Kier molecular flexibility index (Phi) is 3.64. The Hall–Kier alpha value is -0.130. The maximum Gasteiger partial charge on any atom is 0.214 e. The summed E-state index contributed by atoms with van der Waals surface area (Å²) in [6.07, 6.45) is 5.41. The number of sulfonamides is 1. The molecule has 2 aliphatic rings. The Morgan fingerprint density at radius 1 is 1.20 bits per heavy atom. The van der Waals surface area contributed by atoms with E-state index in [1.165, 1.54) is 12.8 Å². The summed E-state index contributed by atoms with van der Waals surface area (Å²) in [6.45, 7) is 2.52. The van der Waals surface area contributed by atoms with Crippen LogP contribution in [0, 0.1) is 0 Å². The molecule has 0 radical (unpaired) electrons. The van der Waals surface area contributed by atoms with Crippen molar-refractivity contribution in [1.29, 1.82) is 0 Å². The SMILES string of the molecule is O=S(=O)(CCC1CCCCN1)N1CCC1. The van der Waals surface area contributed by atoms with Gasteiger partial charge in [0.15, 0.2) is 0 Å². The van der Waals surface area contributed by atoms with Crippen molar-refractivity contribution in [3.05, 3.63) is 0 Å². The van der Waals surface area contributed by atoms with E-state index in [9.17, 15) is 8.42 Å². The highest BCUT2D eigenvalue weighted by Crippen LogP contribution is 2.16. The third-order valence-electron chi connectivity index (χ3n) is 3.35. The highest BCUT2D eigenvalue weighted by atomic mass is 32.2. The Morgan fingerprint density at radius 3 is 2.53 bits per heavy atom. The van der Waals surface area contributed by atoms with Gasteiger partial charge in [0, 0.05) is 19.1 Å². The molecule has 1 unspecified atom stereocenters. The number of nitrogens with zero attached hydrogens (tertiary/aromatic N) is 1. The van der Waals surface area contributed by atoms with E-state index in [4.69, 9.17) is 0 Å². The van der Waals surface area contributed by atoms with Crippen LogP contribution in [0.5, 0.6) is 0 Å². The van der Waals surface area contributed by atoms with Gasteiger partial charge in [0.25, 0.3) is 0 Å². The van der Waals surface area contributed by atoms with E-state index < -0.39 is 10.0 Å². The number of piperidine rings is 1. The van der Waals surface area contributed by atoms with Crippen molar-refractivity contribution in [2.75, 3.05) is 25.4 Å². The maximum atomic E-state index is 11.8. The first-order chi connectivity index (χ1) is 7.18. The van der Waals surface area contributed by atoms with Crippen LogP contribution in [0.1, 0.15) is 32.1 Å². The van der Waals surface area contributed by atoms with Gasteiger partial charge in [-0.3, -0.25) is 0 Å². The Labute approximate surface area is 92.1 Å². The number of hydrogen-bond acceptors (Lipinski definition) is 3. The summed E-state index contributed by atoms with van der Waals surface area (Å²) in [5.41, 5.74) is 0. The molecule has 0 aromatic heterocycles. The first kappa shape index (κ1) is 11.4. The fourth-order valence-electron chi connectivity index (χ4n) is 2.16. The van der Waals surface area contributed by atoms with Gasteiger partial charge in [0.1, 0.15) is 0 Å². The van der Waals surface area contributed by atoms with Gasteiger partial charge in [-0.05, 0) is 32.2 Å². The van der Waals surface area contributed by atoms with Crippen LogP contribution >= 0.6 is 0 Å². The van der Waals surface area contributed by atoms with Gasteiger partial charge < -0.3 is 5.32 Å². The average molecular weight is 232 g/mol. The van der Waals surface area contributed by atoms with Crippen molar-refractivity contribution in [3.8, 4) is 0 Å². The number of nitrogens with one attached hydrogen (secondary N) is 1. The highest BCUT2D eigenvalue weighted by Gasteiger charge is 2.28. The summed E-state index contributed by atoms with van der Waals surface area (Å²) >= 11 is 0. The van der Waals surface area contributed by atoms with Crippen LogP contribution in [0.3, 0.4) is 0 Å². The molecule has 88 valence electrons. The zero-order chi connectivity index (χ0) is 10.7. The average Bonchev–Trinajstić information content (AvgIpc) is 2.13. The first-order valence-corrected chi connectivity index (χ1v) is 7.50. The summed E-state index contributed by atoms with van der Waals surface area (Å²) in [7, 11) is -2.93. The topological polar surface area (TPSA) is 49.4 Å². The molecule has 2 saturated heterocycles. The summed E-state index contributed by atoms with van der Waals surface area (Å²) in [6, 6.07) is 0.426. The van der Waals surface area contributed by atoms with Gasteiger partial charge >= 0.3 is 0 Å². The molecule has 0 saturated carbocycles. The molecular weight excluding hydrogens is 212 g/mol. The smallest absolute Gasteiger partial charge is 0.214 e. The molecular formula is C10H20N2O2S. The molecule has 0 spiro atoms. The fraction of sp³-hybridized carbons (Fsp3) is 1.00. The van der Waals surface area contributed by atoms with E-state index in [1.807, 2.05) is 0 Å². The van der Waals surface area contributed by atoms with Crippen molar-refractivity contribution in [1.82, 2.24) is 9.62 Å². The Bertz CT molecular complexity index is 293. The minimum atomic E-state index is -2.93. The lowest BCUT2D eigenvalue weighted by Gasteiger charge is -2.31. The van der Waals surface area contributed by atoms with Crippen LogP contribution in [0.25, 0.3) is 0 Å². The summed E-state index contributed by atoms with van der Waals surface area (Å²) < 4.78 is 25.1. The van der Waals surface area contributed by atoms with Gasteiger partial charge in [0.2, 0.25) is 10.0 Å². The quantitative estimate of drug-likeness (QED) is 0.770. The van der Waals surface area contributed by atoms with Gasteiger partial charge in [-0.15, -0.1) is 0 Å². The molecule has 0 aromatic rings. The minimum absolute atomic E-state index is 0.324. The van der Waals surface area contributed by atoms with Crippen LogP contribution in [-0.4, -0.2) is 44.2 Å². The summed E-state index contributed by atoms with van der Waals surface area (Å²) in [4.78, 5) is 0. The molecule has 0 amide bonds. The second-order valence-corrected chi connectivity index (χ2v) is 6.59. The zero-order valence-corrected chi connectivity index (χ0v) is 9.93. The van der Waals surface area contributed by atoms with Gasteiger partial charge in [0.05, 0.1) is 5.75 Å². The Balaban J connectivity index is 1.76. The molecule has 15 heavy (non-hydrogen) atoms. The molecule has 2 aliphatic heterocycles. The standard InChI is InChI=1S/C10H20N2O2S/c13-15(14,12-7-3-8-12)9-5-10-4-1-2-6-11-10/h10-11H,1-9H2. The van der Waals surface area contributed by atoms with Crippen LogP contribution in [0.15, 0.2) is 0 Å². The van der Waals surface area contributed by atoms with E-state index in [-0.39, 0.29) is 0 Å². The fourth-order valence-corrected chi connectivity index (χ4v) is 3.81. The number of rotatable bonds is 4. The van der Waals surface area contributed by atoms with Gasteiger partial charge in [-0.2, -0.15) is 0 Å². The maximum absolute atomic E-state index is 11.8. The summed E-state index contributed by atoms with van der Waals surface area (Å²) in [5.74, 6) is 0.324. The van der Waals surface area contributed by atoms with Crippen molar-refractivity contribution in [2.45, 2.75) is 38.1 Å². The lowest BCUT2D eigenvalue weighted by Crippen LogP contribution is -2.44. The van der Waals surface area contributed by atoms with Gasteiger partial charge in [-0.25, -0.2) is 12.7 Å². The molecule has 5 heteroatoms. The minimum Gasteiger partial charge on any atom is -0.314 e. The molecule has 0 bridgehead atoms. The van der Waals surface area contributed by atoms with E-state index in [2.05, 4.69) is 5.32 Å².